The molecule has 2 heterocycles. The highest BCUT2D eigenvalue weighted by Crippen LogP contribution is 2.30. The SMILES string of the molecule is COC(=O)C1O[C@@H](OC)C(O)[C@H](O)[C@H]1O[C@H]1O[C@@H](C(=O)OC)[C@@H](OC)C(O)C1O. The van der Waals surface area contributed by atoms with E-state index in [-0.39, 0.29) is 0 Å². The fraction of sp³-hybridized carbons (Fsp3) is 0.875. The number of carbonyl (C=O) groups is 2. The van der Waals surface area contributed by atoms with Crippen LogP contribution in [0.25, 0.3) is 0 Å². The van der Waals surface area contributed by atoms with Crippen LogP contribution in [0.2, 0.25) is 0 Å². The number of aliphatic hydroxyl groups excluding tert-OH is 4. The number of methoxy groups -OCH3 is 4. The molecule has 0 aliphatic carbocycles. The number of esters is 2. The van der Waals surface area contributed by atoms with E-state index in [9.17, 15) is 30.0 Å². The van der Waals surface area contributed by atoms with Crippen molar-refractivity contribution in [2.24, 2.45) is 0 Å². The van der Waals surface area contributed by atoms with E-state index in [1.54, 1.807) is 0 Å². The summed E-state index contributed by atoms with van der Waals surface area (Å²) in [5, 5.41) is 41.1. The van der Waals surface area contributed by atoms with Gasteiger partial charge in [-0.3, -0.25) is 0 Å². The molecular weight excluding hydrogens is 400 g/mol. The molecule has 13 heteroatoms. The fourth-order valence-corrected chi connectivity index (χ4v) is 3.16. The summed E-state index contributed by atoms with van der Waals surface area (Å²) >= 11 is 0. The standard InChI is InChI=1S/C16H26O13/c1-23-9-5(17)8(20)16(29-11(9)13(21)24-2)27-10-6(18)7(19)15(26-4)28-12(10)14(22)25-3/h5-12,15-20H,1-4H3/t5?,6-,7?,8?,9-,10+,11+,12?,15+,16-/m0/s1. The van der Waals surface area contributed by atoms with Crippen LogP contribution in [-0.2, 0) is 42.7 Å². The Kier molecular flexibility index (Phi) is 8.28. The molecule has 0 bridgehead atoms. The summed E-state index contributed by atoms with van der Waals surface area (Å²) in [5.41, 5.74) is 0. The molecule has 2 aliphatic rings. The third-order valence-corrected chi connectivity index (χ3v) is 4.75. The molecule has 10 atom stereocenters. The van der Waals surface area contributed by atoms with Crippen LogP contribution in [0.1, 0.15) is 0 Å². The van der Waals surface area contributed by atoms with Gasteiger partial charge in [0, 0.05) is 14.2 Å². The van der Waals surface area contributed by atoms with E-state index in [1.807, 2.05) is 0 Å². The minimum Gasteiger partial charge on any atom is -0.467 e. The van der Waals surface area contributed by atoms with Crippen molar-refractivity contribution in [1.29, 1.82) is 0 Å². The van der Waals surface area contributed by atoms with Crippen molar-refractivity contribution in [3.05, 3.63) is 0 Å². The van der Waals surface area contributed by atoms with Gasteiger partial charge >= 0.3 is 11.9 Å². The van der Waals surface area contributed by atoms with Gasteiger partial charge in [0.05, 0.1) is 14.2 Å². The maximum Gasteiger partial charge on any atom is 0.337 e. The van der Waals surface area contributed by atoms with Gasteiger partial charge in [0.2, 0.25) is 0 Å². The number of hydrogen-bond acceptors (Lipinski definition) is 13. The minimum absolute atomic E-state index is 0.916. The van der Waals surface area contributed by atoms with Gasteiger partial charge in [-0.05, 0) is 0 Å². The first-order valence-electron chi connectivity index (χ1n) is 8.61. The Bertz CT molecular complexity index is 571. The molecule has 2 aliphatic heterocycles. The third kappa shape index (κ3) is 4.68. The number of rotatable bonds is 6. The molecule has 0 aromatic carbocycles. The van der Waals surface area contributed by atoms with Crippen molar-refractivity contribution in [2.45, 2.75) is 61.4 Å². The highest BCUT2D eigenvalue weighted by molar-refractivity contribution is 5.76. The Balaban J connectivity index is 2.27. The lowest BCUT2D eigenvalue weighted by molar-refractivity contribution is -0.349. The van der Waals surface area contributed by atoms with Crippen LogP contribution in [0.4, 0.5) is 0 Å². The molecule has 4 N–H and O–H groups in total. The summed E-state index contributed by atoms with van der Waals surface area (Å²) in [6.07, 6.45) is -15.8. The minimum atomic E-state index is -1.75. The highest BCUT2D eigenvalue weighted by Gasteiger charge is 2.54. The van der Waals surface area contributed by atoms with E-state index >= 15 is 0 Å². The second kappa shape index (κ2) is 10.1. The summed E-state index contributed by atoms with van der Waals surface area (Å²) < 4.78 is 35.2. The van der Waals surface area contributed by atoms with Gasteiger partial charge in [0.15, 0.2) is 24.8 Å². The first kappa shape index (κ1) is 23.9. The molecule has 2 fully saturated rings. The van der Waals surface area contributed by atoms with Gasteiger partial charge in [-0.15, -0.1) is 0 Å². The average Bonchev–Trinajstić information content (AvgIpc) is 2.73. The van der Waals surface area contributed by atoms with Gasteiger partial charge in [0.25, 0.3) is 0 Å². The van der Waals surface area contributed by atoms with Gasteiger partial charge in [-0.1, -0.05) is 0 Å². The Morgan fingerprint density at radius 2 is 1.10 bits per heavy atom. The van der Waals surface area contributed by atoms with Crippen LogP contribution < -0.4 is 0 Å². The van der Waals surface area contributed by atoms with Crippen molar-refractivity contribution in [2.75, 3.05) is 28.4 Å². The summed E-state index contributed by atoms with van der Waals surface area (Å²) in [5.74, 6) is -1.88. The molecule has 0 aromatic heterocycles. The largest absolute Gasteiger partial charge is 0.467 e. The van der Waals surface area contributed by atoms with Crippen LogP contribution >= 0.6 is 0 Å². The summed E-state index contributed by atoms with van der Waals surface area (Å²) in [6, 6.07) is 0. The van der Waals surface area contributed by atoms with Crippen molar-refractivity contribution in [3.63, 3.8) is 0 Å². The second-order valence-corrected chi connectivity index (χ2v) is 6.40. The number of carbonyl (C=O) groups excluding carboxylic acids is 2. The predicted molar refractivity (Wildman–Crippen MR) is 88.1 cm³/mol. The van der Waals surface area contributed by atoms with Crippen LogP contribution in [0.5, 0.6) is 0 Å². The van der Waals surface area contributed by atoms with E-state index in [0.717, 1.165) is 14.2 Å². The van der Waals surface area contributed by atoms with E-state index in [0.29, 0.717) is 0 Å². The molecule has 4 unspecified atom stereocenters. The van der Waals surface area contributed by atoms with Crippen molar-refractivity contribution < 1.29 is 63.2 Å². The summed E-state index contributed by atoms with van der Waals surface area (Å²) in [6.45, 7) is 0. The maximum absolute atomic E-state index is 12.1. The fourth-order valence-electron chi connectivity index (χ4n) is 3.16. The molecule has 0 spiro atoms. The molecular formula is C16H26O13. The van der Waals surface area contributed by atoms with Gasteiger partial charge in [-0.2, -0.15) is 0 Å². The molecule has 2 saturated heterocycles. The van der Waals surface area contributed by atoms with E-state index in [1.165, 1.54) is 14.2 Å². The average molecular weight is 426 g/mol. The Hall–Kier alpha value is -1.42. The summed E-state index contributed by atoms with van der Waals surface area (Å²) in [7, 11) is 4.52. The Morgan fingerprint density at radius 3 is 1.59 bits per heavy atom. The van der Waals surface area contributed by atoms with Crippen LogP contribution in [0, 0.1) is 0 Å². The quantitative estimate of drug-likeness (QED) is 0.305. The van der Waals surface area contributed by atoms with Crippen molar-refractivity contribution in [1.82, 2.24) is 0 Å². The second-order valence-electron chi connectivity index (χ2n) is 6.40. The lowest BCUT2D eigenvalue weighted by Crippen LogP contribution is -2.66. The number of aliphatic hydroxyl groups is 4. The van der Waals surface area contributed by atoms with Crippen LogP contribution in [-0.4, -0.2) is 122 Å². The first-order valence-corrected chi connectivity index (χ1v) is 8.61. The van der Waals surface area contributed by atoms with E-state index in [4.69, 9.17) is 23.7 Å². The zero-order valence-corrected chi connectivity index (χ0v) is 16.2. The van der Waals surface area contributed by atoms with Crippen molar-refractivity contribution >= 4 is 11.9 Å². The molecule has 0 saturated carbocycles. The number of ether oxygens (including phenoxy) is 7. The molecule has 0 radical (unpaired) electrons. The van der Waals surface area contributed by atoms with Gasteiger partial charge < -0.3 is 53.6 Å². The monoisotopic (exact) mass is 426 g/mol. The first-order chi connectivity index (χ1) is 13.7. The smallest absolute Gasteiger partial charge is 0.337 e. The van der Waals surface area contributed by atoms with Crippen LogP contribution in [0.3, 0.4) is 0 Å². The lowest BCUT2D eigenvalue weighted by Gasteiger charge is -2.45. The summed E-state index contributed by atoms with van der Waals surface area (Å²) in [4.78, 5) is 24.0. The van der Waals surface area contributed by atoms with Gasteiger partial charge in [-0.25, -0.2) is 9.59 Å². The van der Waals surface area contributed by atoms with Gasteiger partial charge in [0.1, 0.15) is 36.6 Å². The zero-order valence-electron chi connectivity index (χ0n) is 16.2. The van der Waals surface area contributed by atoms with E-state index < -0.39 is 73.4 Å². The number of hydrogen-bond donors (Lipinski definition) is 4. The van der Waals surface area contributed by atoms with E-state index in [2.05, 4.69) is 9.47 Å². The molecule has 0 amide bonds. The highest BCUT2D eigenvalue weighted by atomic mass is 16.7. The topological polar surface area (TPSA) is 180 Å². The maximum atomic E-state index is 12.1. The lowest BCUT2D eigenvalue weighted by atomic mass is 9.96. The molecule has 2 rings (SSSR count). The predicted octanol–water partition coefficient (Wildman–Crippen LogP) is -3.73. The molecule has 13 nitrogen and oxygen atoms in total. The molecule has 168 valence electrons. The molecule has 29 heavy (non-hydrogen) atoms. The zero-order chi connectivity index (χ0) is 21.9. The third-order valence-electron chi connectivity index (χ3n) is 4.75. The molecule has 0 aromatic rings. The normalized spacial score (nSPS) is 42.9. The van der Waals surface area contributed by atoms with Crippen molar-refractivity contribution in [3.8, 4) is 0 Å². The van der Waals surface area contributed by atoms with Crippen LogP contribution in [0.15, 0.2) is 0 Å². The Labute approximate surface area is 165 Å². The Morgan fingerprint density at radius 1 is 0.655 bits per heavy atom.